The first-order chi connectivity index (χ1) is 7.98. The smallest absolute Gasteiger partial charge is 0.339 e. The molecule has 0 saturated heterocycles. The predicted molar refractivity (Wildman–Crippen MR) is 62.7 cm³/mol. The zero-order chi connectivity index (χ0) is 12.2. The van der Waals surface area contributed by atoms with Gasteiger partial charge >= 0.3 is 5.97 Å². The van der Waals surface area contributed by atoms with Gasteiger partial charge in [0.05, 0.1) is 11.2 Å². The minimum Gasteiger partial charge on any atom is -0.453 e. The molecule has 2 atom stereocenters. The fourth-order valence-electron chi connectivity index (χ4n) is 3.05. The average Bonchev–Trinajstić information content (AvgIpc) is 2.57. The molecule has 0 saturated carbocycles. The molecule has 17 heavy (non-hydrogen) atoms. The first-order valence-corrected chi connectivity index (χ1v) is 6.03. The van der Waals surface area contributed by atoms with Crippen LogP contribution in [-0.2, 0) is 11.2 Å². The summed E-state index contributed by atoms with van der Waals surface area (Å²) in [5.74, 6) is -0.259. The first kappa shape index (κ1) is 10.8. The Morgan fingerprint density at radius 2 is 2.18 bits per heavy atom. The van der Waals surface area contributed by atoms with Gasteiger partial charge in [0.2, 0.25) is 0 Å². The molecule has 3 rings (SSSR count). The summed E-state index contributed by atoms with van der Waals surface area (Å²) >= 11 is 0. The van der Waals surface area contributed by atoms with Gasteiger partial charge in [-0.15, -0.1) is 0 Å². The molecule has 1 aliphatic heterocycles. The van der Waals surface area contributed by atoms with Crippen molar-refractivity contribution in [2.45, 2.75) is 38.4 Å². The lowest BCUT2D eigenvalue weighted by Crippen LogP contribution is -2.38. The number of hydrogen-bond donors (Lipinski definition) is 1. The van der Waals surface area contributed by atoms with Crippen LogP contribution < -0.4 is 0 Å². The molecule has 1 aromatic carbocycles. The van der Waals surface area contributed by atoms with E-state index in [0.29, 0.717) is 5.56 Å². The van der Waals surface area contributed by atoms with E-state index in [1.165, 1.54) is 5.56 Å². The highest BCUT2D eigenvalue weighted by Crippen LogP contribution is 2.47. The monoisotopic (exact) mass is 232 g/mol. The summed E-state index contributed by atoms with van der Waals surface area (Å²) in [6.07, 6.45) is 1.51. The maximum absolute atomic E-state index is 11.8. The van der Waals surface area contributed by atoms with Crippen molar-refractivity contribution in [3.05, 3.63) is 34.9 Å². The predicted octanol–water partition coefficient (Wildman–Crippen LogP) is 2.23. The molecule has 1 N–H and O–H groups in total. The minimum atomic E-state index is -0.819. The van der Waals surface area contributed by atoms with E-state index >= 15 is 0 Å². The lowest BCUT2D eigenvalue weighted by molar-refractivity contribution is -0.0600. The number of carbonyl (C=O) groups excluding carboxylic acids is 1. The first-order valence-electron chi connectivity index (χ1n) is 6.03. The van der Waals surface area contributed by atoms with Crippen molar-refractivity contribution in [2.24, 2.45) is 5.92 Å². The molecule has 0 unspecified atom stereocenters. The van der Waals surface area contributed by atoms with Crippen LogP contribution in [0.5, 0.6) is 0 Å². The van der Waals surface area contributed by atoms with Gasteiger partial charge in [-0.25, -0.2) is 4.79 Å². The molecule has 90 valence electrons. The number of ether oxygens (including phenoxy) is 1. The maximum Gasteiger partial charge on any atom is 0.339 e. The fourth-order valence-corrected chi connectivity index (χ4v) is 3.05. The topological polar surface area (TPSA) is 46.5 Å². The Morgan fingerprint density at radius 3 is 2.88 bits per heavy atom. The maximum atomic E-state index is 11.8. The van der Waals surface area contributed by atoms with Crippen molar-refractivity contribution in [3.63, 3.8) is 0 Å². The lowest BCUT2D eigenvalue weighted by Gasteiger charge is -2.37. The van der Waals surface area contributed by atoms with Crippen LogP contribution >= 0.6 is 0 Å². The zero-order valence-electron chi connectivity index (χ0n) is 10.1. The standard InChI is InChI=1S/C14H16O3/c1-14(2,16)10-7-6-8-4-3-5-9-11(8)12(10)17-13(9)15/h3-5,10,12,16H,6-7H2,1-2H3/t10-,12+/m0/s1. The molecule has 0 fully saturated rings. The van der Waals surface area contributed by atoms with Crippen LogP contribution in [0, 0.1) is 5.92 Å². The van der Waals surface area contributed by atoms with E-state index in [0.717, 1.165) is 18.4 Å². The molecule has 3 heteroatoms. The van der Waals surface area contributed by atoms with E-state index in [1.54, 1.807) is 13.8 Å². The summed E-state index contributed by atoms with van der Waals surface area (Å²) in [5, 5.41) is 10.2. The highest BCUT2D eigenvalue weighted by atomic mass is 16.5. The summed E-state index contributed by atoms with van der Waals surface area (Å²) in [5.41, 5.74) is 2.07. The zero-order valence-corrected chi connectivity index (χ0v) is 10.1. The minimum absolute atomic E-state index is 0.0115. The van der Waals surface area contributed by atoms with Gasteiger partial charge in [-0.2, -0.15) is 0 Å². The van der Waals surface area contributed by atoms with Crippen molar-refractivity contribution in [1.82, 2.24) is 0 Å². The number of aryl methyl sites for hydroxylation is 1. The molecule has 0 aromatic heterocycles. The van der Waals surface area contributed by atoms with Gasteiger partial charge in [0, 0.05) is 11.5 Å². The van der Waals surface area contributed by atoms with Crippen molar-refractivity contribution >= 4 is 5.97 Å². The van der Waals surface area contributed by atoms with E-state index in [1.807, 2.05) is 18.2 Å². The van der Waals surface area contributed by atoms with Crippen LogP contribution in [0.25, 0.3) is 0 Å². The van der Waals surface area contributed by atoms with Gasteiger partial charge < -0.3 is 9.84 Å². The van der Waals surface area contributed by atoms with E-state index in [9.17, 15) is 9.90 Å². The molecule has 0 bridgehead atoms. The average molecular weight is 232 g/mol. The number of esters is 1. The van der Waals surface area contributed by atoms with Gasteiger partial charge in [0.25, 0.3) is 0 Å². The number of rotatable bonds is 1. The van der Waals surface area contributed by atoms with E-state index < -0.39 is 5.60 Å². The number of aliphatic hydroxyl groups is 1. The summed E-state index contributed by atoms with van der Waals surface area (Å²) in [4.78, 5) is 11.8. The number of hydrogen-bond acceptors (Lipinski definition) is 3. The van der Waals surface area contributed by atoms with Crippen molar-refractivity contribution in [1.29, 1.82) is 0 Å². The Morgan fingerprint density at radius 1 is 1.41 bits per heavy atom. The molecular formula is C14H16O3. The molecule has 0 radical (unpaired) electrons. The van der Waals surface area contributed by atoms with Crippen molar-refractivity contribution in [3.8, 4) is 0 Å². The fraction of sp³-hybridized carbons (Fsp3) is 0.500. The largest absolute Gasteiger partial charge is 0.453 e. The van der Waals surface area contributed by atoms with Gasteiger partial charge in [0.1, 0.15) is 6.10 Å². The van der Waals surface area contributed by atoms with Crippen LogP contribution in [-0.4, -0.2) is 16.7 Å². The van der Waals surface area contributed by atoms with Gasteiger partial charge in [0.15, 0.2) is 0 Å². The van der Waals surface area contributed by atoms with Crippen molar-refractivity contribution in [2.75, 3.05) is 0 Å². The third-order valence-electron chi connectivity index (χ3n) is 3.93. The van der Waals surface area contributed by atoms with Crippen LogP contribution in [0.2, 0.25) is 0 Å². The molecule has 0 amide bonds. The van der Waals surface area contributed by atoms with E-state index in [4.69, 9.17) is 4.74 Å². The highest BCUT2D eigenvalue weighted by Gasteiger charge is 2.46. The molecule has 3 nitrogen and oxygen atoms in total. The normalized spacial score (nSPS) is 26.6. The second-order valence-electron chi connectivity index (χ2n) is 5.50. The van der Waals surface area contributed by atoms with Crippen LogP contribution in [0.15, 0.2) is 18.2 Å². The van der Waals surface area contributed by atoms with Crippen LogP contribution in [0.1, 0.15) is 47.9 Å². The Bertz CT molecular complexity index is 485. The number of carbonyl (C=O) groups is 1. The quantitative estimate of drug-likeness (QED) is 0.755. The molecule has 0 spiro atoms. The Kier molecular flexibility index (Phi) is 2.11. The molecule has 1 heterocycles. The third-order valence-corrected chi connectivity index (χ3v) is 3.93. The Labute approximate surface area is 100 Å². The van der Waals surface area contributed by atoms with Gasteiger partial charge in [-0.3, -0.25) is 0 Å². The second-order valence-corrected chi connectivity index (χ2v) is 5.50. The van der Waals surface area contributed by atoms with E-state index in [-0.39, 0.29) is 18.0 Å². The van der Waals surface area contributed by atoms with Crippen LogP contribution in [0.3, 0.4) is 0 Å². The number of benzene rings is 1. The van der Waals surface area contributed by atoms with E-state index in [2.05, 4.69) is 0 Å². The van der Waals surface area contributed by atoms with Crippen molar-refractivity contribution < 1.29 is 14.6 Å². The summed E-state index contributed by atoms with van der Waals surface area (Å²) in [6, 6.07) is 5.77. The van der Waals surface area contributed by atoms with Gasteiger partial charge in [-0.1, -0.05) is 12.1 Å². The second kappa shape index (κ2) is 3.33. The van der Waals surface area contributed by atoms with Crippen LogP contribution in [0.4, 0.5) is 0 Å². The molecule has 1 aliphatic carbocycles. The molecule has 2 aliphatic rings. The Hall–Kier alpha value is -1.35. The highest BCUT2D eigenvalue weighted by molar-refractivity contribution is 5.94. The SMILES string of the molecule is CC(C)(O)[C@H]1CCc2cccc3c2[C@@H]1OC3=O. The van der Waals surface area contributed by atoms with Gasteiger partial charge in [-0.05, 0) is 38.3 Å². The molecular weight excluding hydrogens is 216 g/mol. The molecule has 1 aromatic rings. The summed E-state index contributed by atoms with van der Waals surface area (Å²) < 4.78 is 5.45. The summed E-state index contributed by atoms with van der Waals surface area (Å²) in [6.45, 7) is 3.58. The summed E-state index contributed by atoms with van der Waals surface area (Å²) in [7, 11) is 0. The Balaban J connectivity index is 2.12. The lowest BCUT2D eigenvalue weighted by atomic mass is 9.73. The third kappa shape index (κ3) is 1.49.